The summed E-state index contributed by atoms with van der Waals surface area (Å²) < 4.78 is 11.3. The molecule has 5 N–H and O–H groups in total. The molecule has 4 aliphatic rings. The fraction of sp³-hybridized carbons (Fsp3) is 0.750. The molecular formula is C24H34O7. The van der Waals surface area contributed by atoms with Gasteiger partial charge in [0.15, 0.2) is 0 Å². The van der Waals surface area contributed by atoms with Crippen LogP contribution in [0.3, 0.4) is 0 Å². The maximum Gasteiger partial charge on any atom is 0.229 e. The lowest BCUT2D eigenvalue weighted by molar-refractivity contribution is -0.277. The lowest BCUT2D eigenvalue weighted by Crippen LogP contribution is -2.60. The van der Waals surface area contributed by atoms with Gasteiger partial charge in [-0.05, 0) is 85.0 Å². The van der Waals surface area contributed by atoms with Crippen LogP contribution in [0.2, 0.25) is 0 Å². The molecule has 5 rings (SSSR count). The van der Waals surface area contributed by atoms with Gasteiger partial charge >= 0.3 is 0 Å². The highest BCUT2D eigenvalue weighted by atomic mass is 16.7. The van der Waals surface area contributed by atoms with E-state index in [9.17, 15) is 25.5 Å². The first-order valence-electron chi connectivity index (χ1n) is 11.6. The Bertz CT molecular complexity index is 813. The highest BCUT2D eigenvalue weighted by Crippen LogP contribution is 2.60. The van der Waals surface area contributed by atoms with E-state index in [1.165, 1.54) is 11.1 Å². The molecule has 0 bridgehead atoms. The van der Waals surface area contributed by atoms with Crippen LogP contribution in [0.15, 0.2) is 18.2 Å². The molecule has 0 spiro atoms. The summed E-state index contributed by atoms with van der Waals surface area (Å²) in [5.74, 6) is 2.24. The van der Waals surface area contributed by atoms with Gasteiger partial charge in [0.1, 0.15) is 30.2 Å². The van der Waals surface area contributed by atoms with Crippen LogP contribution in [-0.2, 0) is 11.2 Å². The minimum absolute atomic E-state index is 0.0603. The first kappa shape index (κ1) is 21.6. The molecule has 10 atom stereocenters. The van der Waals surface area contributed by atoms with E-state index in [0.29, 0.717) is 23.5 Å². The van der Waals surface area contributed by atoms with Crippen molar-refractivity contribution in [3.05, 3.63) is 29.3 Å². The van der Waals surface area contributed by atoms with E-state index in [0.717, 1.165) is 38.5 Å². The van der Waals surface area contributed by atoms with Gasteiger partial charge in [0.2, 0.25) is 6.29 Å². The van der Waals surface area contributed by atoms with Crippen LogP contribution >= 0.6 is 0 Å². The molecule has 3 aliphatic carbocycles. The van der Waals surface area contributed by atoms with Crippen LogP contribution in [0.4, 0.5) is 0 Å². The maximum atomic E-state index is 10.6. The highest BCUT2D eigenvalue weighted by Gasteiger charge is 2.54. The molecule has 0 radical (unpaired) electrons. The Morgan fingerprint density at radius 3 is 2.61 bits per heavy atom. The van der Waals surface area contributed by atoms with Crippen molar-refractivity contribution in [1.29, 1.82) is 0 Å². The molecule has 7 nitrogen and oxygen atoms in total. The predicted octanol–water partition coefficient (Wildman–Crippen LogP) is 1.08. The van der Waals surface area contributed by atoms with Gasteiger partial charge in [-0.2, -0.15) is 0 Å². The van der Waals surface area contributed by atoms with Crippen LogP contribution in [0, 0.1) is 17.3 Å². The summed E-state index contributed by atoms with van der Waals surface area (Å²) in [5, 5.41) is 50.1. The van der Waals surface area contributed by atoms with Crippen LogP contribution in [0.1, 0.15) is 56.1 Å². The number of aliphatic hydroxyl groups excluding tert-OH is 5. The van der Waals surface area contributed by atoms with E-state index in [-0.39, 0.29) is 11.5 Å². The number of benzene rings is 1. The Labute approximate surface area is 182 Å². The first-order valence-corrected chi connectivity index (χ1v) is 11.6. The van der Waals surface area contributed by atoms with Crippen molar-refractivity contribution in [2.75, 3.05) is 6.61 Å². The zero-order valence-corrected chi connectivity index (χ0v) is 17.9. The van der Waals surface area contributed by atoms with Gasteiger partial charge in [-0.3, -0.25) is 0 Å². The summed E-state index contributed by atoms with van der Waals surface area (Å²) in [5.41, 5.74) is 2.66. The van der Waals surface area contributed by atoms with Gasteiger partial charge in [-0.15, -0.1) is 0 Å². The first-order chi connectivity index (χ1) is 14.8. The van der Waals surface area contributed by atoms with Gasteiger partial charge < -0.3 is 35.0 Å². The average Bonchev–Trinajstić information content (AvgIpc) is 3.08. The molecule has 1 saturated heterocycles. The van der Waals surface area contributed by atoms with Crippen molar-refractivity contribution < 1.29 is 35.0 Å². The van der Waals surface area contributed by atoms with E-state index in [1.807, 2.05) is 12.1 Å². The summed E-state index contributed by atoms with van der Waals surface area (Å²) in [6.45, 7) is 1.80. The number of ether oxygens (including phenoxy) is 2. The Morgan fingerprint density at radius 1 is 1.03 bits per heavy atom. The molecule has 1 aliphatic heterocycles. The summed E-state index contributed by atoms with van der Waals surface area (Å²) in [6.07, 6.45) is -0.344. The smallest absolute Gasteiger partial charge is 0.229 e. The second-order valence-electron chi connectivity index (χ2n) is 10.2. The molecule has 1 aromatic carbocycles. The SMILES string of the molecule is C[C@]12CC[C@@H]3c4ccc(O[C@@H]5O[C@H](CO)[C@@H](O)[C@H](O)[C@H]5O)cc4CC[C@H]3[C@@H]1CC[C@H]2O. The number of fused-ring (bicyclic) bond motifs is 5. The zero-order chi connectivity index (χ0) is 21.9. The third-order valence-corrected chi connectivity index (χ3v) is 8.75. The van der Waals surface area contributed by atoms with Crippen LogP contribution < -0.4 is 4.74 Å². The number of rotatable bonds is 3. The Balaban J connectivity index is 1.34. The molecule has 0 amide bonds. The Hall–Kier alpha value is -1.22. The van der Waals surface area contributed by atoms with Gasteiger partial charge in [-0.1, -0.05) is 13.0 Å². The molecule has 31 heavy (non-hydrogen) atoms. The number of hydrogen-bond acceptors (Lipinski definition) is 7. The van der Waals surface area contributed by atoms with Gasteiger partial charge in [-0.25, -0.2) is 0 Å². The minimum Gasteiger partial charge on any atom is -0.462 e. The molecule has 0 aromatic heterocycles. The van der Waals surface area contributed by atoms with E-state index in [4.69, 9.17) is 9.47 Å². The molecule has 172 valence electrons. The number of hydrogen-bond donors (Lipinski definition) is 5. The lowest BCUT2D eigenvalue weighted by Gasteiger charge is -2.50. The molecule has 7 heteroatoms. The fourth-order valence-corrected chi connectivity index (χ4v) is 6.90. The lowest BCUT2D eigenvalue weighted by atomic mass is 9.55. The van der Waals surface area contributed by atoms with Gasteiger partial charge in [0, 0.05) is 0 Å². The fourth-order valence-electron chi connectivity index (χ4n) is 6.90. The van der Waals surface area contributed by atoms with Crippen molar-refractivity contribution in [1.82, 2.24) is 0 Å². The third-order valence-electron chi connectivity index (χ3n) is 8.75. The van der Waals surface area contributed by atoms with Gasteiger partial charge in [0.25, 0.3) is 0 Å². The molecule has 3 fully saturated rings. The summed E-state index contributed by atoms with van der Waals surface area (Å²) in [4.78, 5) is 0. The van der Waals surface area contributed by atoms with Crippen molar-refractivity contribution in [3.63, 3.8) is 0 Å². The van der Waals surface area contributed by atoms with Crippen molar-refractivity contribution >= 4 is 0 Å². The van der Waals surface area contributed by atoms with E-state index in [2.05, 4.69) is 13.0 Å². The normalized spacial score (nSPS) is 46.7. The molecular weight excluding hydrogens is 400 g/mol. The molecule has 0 unspecified atom stereocenters. The van der Waals surface area contributed by atoms with E-state index in [1.54, 1.807) is 0 Å². The highest BCUT2D eigenvalue weighted by molar-refractivity contribution is 5.41. The standard InChI is InChI=1S/C24H34O7/c1-24-9-8-15-14-5-3-13(30-23-22(29)21(28)20(27)18(11-25)31-23)10-12(14)2-4-16(15)17(24)6-7-19(24)26/h3,5,10,15-23,25-29H,2,4,6-9,11H2,1H3/t15-,16-,17+,18-,19-,20-,21+,22-,23-,24+/m1/s1. The van der Waals surface area contributed by atoms with E-state index >= 15 is 0 Å². The molecule has 1 heterocycles. The summed E-state index contributed by atoms with van der Waals surface area (Å²) >= 11 is 0. The Morgan fingerprint density at radius 2 is 1.84 bits per heavy atom. The molecule has 1 aromatic rings. The topological polar surface area (TPSA) is 120 Å². The average molecular weight is 435 g/mol. The zero-order valence-electron chi connectivity index (χ0n) is 17.9. The Kier molecular flexibility index (Phi) is 5.56. The third kappa shape index (κ3) is 3.41. The second-order valence-corrected chi connectivity index (χ2v) is 10.2. The maximum absolute atomic E-state index is 10.6. The van der Waals surface area contributed by atoms with Crippen LogP contribution in [-0.4, -0.2) is 68.9 Å². The molecule has 2 saturated carbocycles. The number of aryl methyl sites for hydroxylation is 1. The quantitative estimate of drug-likeness (QED) is 0.483. The van der Waals surface area contributed by atoms with Gasteiger partial charge in [0.05, 0.1) is 12.7 Å². The largest absolute Gasteiger partial charge is 0.462 e. The van der Waals surface area contributed by atoms with Crippen LogP contribution in [0.5, 0.6) is 5.75 Å². The second kappa shape index (κ2) is 7.97. The minimum atomic E-state index is -1.45. The summed E-state index contributed by atoms with van der Waals surface area (Å²) in [7, 11) is 0. The van der Waals surface area contributed by atoms with Crippen molar-refractivity contribution in [3.8, 4) is 5.75 Å². The van der Waals surface area contributed by atoms with Crippen molar-refractivity contribution in [2.24, 2.45) is 17.3 Å². The number of aliphatic hydroxyl groups is 5. The van der Waals surface area contributed by atoms with E-state index < -0.39 is 37.3 Å². The van der Waals surface area contributed by atoms with Crippen LogP contribution in [0.25, 0.3) is 0 Å². The monoisotopic (exact) mass is 434 g/mol. The predicted molar refractivity (Wildman–Crippen MR) is 111 cm³/mol. The van der Waals surface area contributed by atoms with Crippen molar-refractivity contribution in [2.45, 2.75) is 88.2 Å². The summed E-state index contributed by atoms with van der Waals surface area (Å²) in [6, 6.07) is 5.98.